The first-order valence-electron chi connectivity index (χ1n) is 27.7. The van der Waals surface area contributed by atoms with Crippen LogP contribution in [0.3, 0.4) is 0 Å². The van der Waals surface area contributed by atoms with Crippen molar-refractivity contribution in [1.82, 2.24) is 30.0 Å². The van der Waals surface area contributed by atoms with Crippen LogP contribution in [0.1, 0.15) is 144 Å². The van der Waals surface area contributed by atoms with Crippen molar-refractivity contribution in [2.45, 2.75) is 154 Å². The van der Waals surface area contributed by atoms with Crippen LogP contribution in [0.15, 0.2) is 87.5 Å². The van der Waals surface area contributed by atoms with Gasteiger partial charge in [-0.25, -0.2) is 15.8 Å². The van der Waals surface area contributed by atoms with E-state index in [-0.39, 0.29) is 34.7 Å². The number of rotatable bonds is 13. The normalized spacial score (nSPS) is 22.0. The molecule has 16 heteroatoms. The van der Waals surface area contributed by atoms with Crippen LogP contribution in [-0.2, 0) is 24.6 Å². The van der Waals surface area contributed by atoms with Crippen LogP contribution in [0.2, 0.25) is 0 Å². The van der Waals surface area contributed by atoms with Crippen molar-refractivity contribution in [2.24, 2.45) is 27.9 Å². The number of piperidine rings is 2. The number of amides is 3. The highest BCUT2D eigenvalue weighted by molar-refractivity contribution is 9.10. The van der Waals surface area contributed by atoms with Gasteiger partial charge in [0.15, 0.2) is 0 Å². The largest absolute Gasteiger partial charge is 0.401 e. The fourth-order valence-electron chi connectivity index (χ4n) is 12.7. The molecule has 5 N–H and O–H groups in total. The molecule has 0 bridgehead atoms. The predicted molar refractivity (Wildman–Crippen MR) is 308 cm³/mol. The molecule has 76 heavy (non-hydrogen) atoms. The number of benzene rings is 3. The van der Waals surface area contributed by atoms with Gasteiger partial charge >= 0.3 is 0 Å². The van der Waals surface area contributed by atoms with E-state index >= 15 is 0 Å². The highest BCUT2D eigenvalue weighted by Crippen LogP contribution is 2.54. The van der Waals surface area contributed by atoms with Crippen molar-refractivity contribution in [3.63, 3.8) is 0 Å². The molecular formula is C60H79BrN10O4S. The summed E-state index contributed by atoms with van der Waals surface area (Å²) < 4.78 is 1.05. The van der Waals surface area contributed by atoms with Crippen molar-refractivity contribution in [3.8, 4) is 10.4 Å². The van der Waals surface area contributed by atoms with E-state index in [2.05, 4.69) is 101 Å². The second-order valence-corrected chi connectivity index (χ2v) is 25.0. The Bertz CT molecular complexity index is 2780. The maximum absolute atomic E-state index is 14.4. The summed E-state index contributed by atoms with van der Waals surface area (Å²) >= 11 is 5.39. The summed E-state index contributed by atoms with van der Waals surface area (Å²) in [4.78, 5) is 70.4. The molecule has 1 aromatic heterocycles. The van der Waals surface area contributed by atoms with Gasteiger partial charge in [0.05, 0.1) is 38.9 Å². The molecule has 0 radical (unpaired) electrons. The van der Waals surface area contributed by atoms with E-state index in [1.54, 1.807) is 17.5 Å². The minimum Gasteiger partial charge on any atom is -0.401 e. The Labute approximate surface area is 462 Å². The van der Waals surface area contributed by atoms with Gasteiger partial charge < -0.3 is 30.7 Å². The number of thiazole rings is 1. The summed E-state index contributed by atoms with van der Waals surface area (Å²) in [5.74, 6) is 7.54. The molecule has 3 unspecified atom stereocenters. The summed E-state index contributed by atoms with van der Waals surface area (Å²) in [6, 6.07) is 20.7. The minimum atomic E-state index is -0.727. The third kappa shape index (κ3) is 11.8. The second-order valence-electron chi connectivity index (χ2n) is 23.3. The van der Waals surface area contributed by atoms with Crippen LogP contribution in [0, 0.1) is 25.2 Å². The minimum absolute atomic E-state index is 0.0204. The summed E-state index contributed by atoms with van der Waals surface area (Å²) in [7, 11) is 1.99. The van der Waals surface area contributed by atoms with E-state index in [1.165, 1.54) is 28.2 Å². The zero-order valence-electron chi connectivity index (χ0n) is 45.5. The topological polar surface area (TPSA) is 174 Å². The van der Waals surface area contributed by atoms with Crippen molar-refractivity contribution in [2.75, 3.05) is 44.7 Å². The number of aromatic nitrogens is 1. The van der Waals surface area contributed by atoms with E-state index in [0.717, 1.165) is 158 Å². The maximum Gasteiger partial charge on any atom is 0.249 e. The van der Waals surface area contributed by atoms with Gasteiger partial charge in [-0.3, -0.25) is 24.2 Å². The number of allylic oxidation sites excluding steroid dienone is 1. The molecule has 1 spiro atoms. The monoisotopic (exact) mass is 1110 g/mol. The molecule has 3 amide bonds. The van der Waals surface area contributed by atoms with Crippen molar-refractivity contribution < 1.29 is 19.2 Å². The Kier molecular flexibility index (Phi) is 17.4. The number of anilines is 2. The Morgan fingerprint density at radius 1 is 0.895 bits per heavy atom. The summed E-state index contributed by atoms with van der Waals surface area (Å²) in [5, 5.41) is 4.63. The molecule has 14 nitrogen and oxygen atoms in total. The maximum atomic E-state index is 14.4. The first kappa shape index (κ1) is 55.5. The molecule has 4 aromatic rings. The van der Waals surface area contributed by atoms with Crippen molar-refractivity contribution in [1.29, 1.82) is 0 Å². The highest BCUT2D eigenvalue weighted by Gasteiger charge is 2.50. The standard InChI is InChI=1S/C49H58BrN7O3S.C11H21N3O/c1-32-40(50)9-7-10-41(32)57-43-29-37(16-17-39(43)49(48(57)51-30-58)22-5-4-6-23-49)34-18-25-55(26-19-34)38-20-27-56(28-21-38)47(60)44(53-46(59)42-11-8-24-54(42)3)35-12-14-36(15-13-35)45-33(2)52-31-61-45;1-11(2,3)10(7-15)14(13)6-9(12)8-4-5-8/h7,9-10,12-17,29-31,34,38,42,44H,4-6,8,11,18-28H2,1-3H3,(H,53,59);6-8,10H,4-5,12-13H2,1-3H3/b;9-6-. The number of amidine groups is 1. The number of nitrogens with two attached hydrogens (primary N) is 2. The number of hydrogen-bond acceptors (Lipinski definition) is 11. The average Bonchev–Trinajstić information content (AvgIpc) is 4.16. The number of fused-ring (bicyclic) bond motifs is 2. The quantitative estimate of drug-likeness (QED) is 0.0661. The number of likely N-dealkylation sites (N-methyl/N-ethyl adjacent to an activating group) is 1. The summed E-state index contributed by atoms with van der Waals surface area (Å²) in [6.45, 7) is 14.4. The summed E-state index contributed by atoms with van der Waals surface area (Å²) in [6.07, 6.45) is 16.9. The van der Waals surface area contributed by atoms with E-state index in [1.807, 2.05) is 57.3 Å². The average molecular weight is 1120 g/mol. The van der Waals surface area contributed by atoms with Crippen LogP contribution in [0.4, 0.5) is 11.4 Å². The number of hydrazine groups is 1. The van der Waals surface area contributed by atoms with Crippen LogP contribution in [0.25, 0.3) is 10.4 Å². The number of likely N-dealkylation sites (tertiary alicyclic amines) is 3. The molecule has 3 aromatic carbocycles. The van der Waals surface area contributed by atoms with Gasteiger partial charge in [-0.15, -0.1) is 11.3 Å². The zero-order valence-corrected chi connectivity index (χ0v) is 47.9. The van der Waals surface area contributed by atoms with Crippen LogP contribution < -0.4 is 21.8 Å². The molecule has 2 aliphatic carbocycles. The number of aryl methyl sites for hydroxylation is 1. The van der Waals surface area contributed by atoms with Gasteiger partial charge in [-0.05, 0) is 162 Å². The number of halogens is 1. The first-order valence-corrected chi connectivity index (χ1v) is 29.4. The molecule has 3 saturated heterocycles. The van der Waals surface area contributed by atoms with Gasteiger partial charge in [0.25, 0.3) is 0 Å². The molecule has 406 valence electrons. The molecule has 3 atom stereocenters. The molecule has 5 heterocycles. The fourth-order valence-corrected chi connectivity index (χ4v) is 13.9. The lowest BCUT2D eigenvalue weighted by atomic mass is 9.69. The lowest BCUT2D eigenvalue weighted by molar-refractivity contribution is -0.139. The number of nitrogens with one attached hydrogen (secondary N) is 1. The first-order chi connectivity index (χ1) is 36.5. The Hall–Kier alpha value is -5.26. The SMILES string of the molecule is CC(C)(C)C(C=O)N(N)/C=C(\N)C1CC1.Cc1ncsc1-c1ccc(C(NC(=O)C2CCCN2C)C(=O)N2CCC(N3CCC(c4ccc5c(c4)N(c4cccc(Br)c4C)C(=NC=O)C54CCCCC4)CC3)CC2)cc1. The number of hydrogen-bond donors (Lipinski definition) is 3. The number of carbonyl (C=O) groups excluding carboxylic acids is 4. The lowest BCUT2D eigenvalue weighted by Gasteiger charge is -2.42. The fraction of sp³-hybridized carbons (Fsp3) is 0.533. The van der Waals surface area contributed by atoms with E-state index in [9.17, 15) is 19.2 Å². The molecule has 5 fully saturated rings. The molecule has 2 saturated carbocycles. The van der Waals surface area contributed by atoms with Gasteiger partial charge in [-0.1, -0.05) is 98.4 Å². The van der Waals surface area contributed by atoms with Crippen LogP contribution >= 0.6 is 27.3 Å². The zero-order chi connectivity index (χ0) is 53.9. The van der Waals surface area contributed by atoms with E-state index < -0.39 is 6.04 Å². The second kappa shape index (κ2) is 23.8. The van der Waals surface area contributed by atoms with Crippen LogP contribution in [0.5, 0.6) is 0 Å². The molecule has 6 aliphatic rings. The van der Waals surface area contributed by atoms with E-state index in [0.29, 0.717) is 31.0 Å². The predicted octanol–water partition coefficient (Wildman–Crippen LogP) is 10.2. The smallest absolute Gasteiger partial charge is 0.249 e. The lowest BCUT2D eigenvalue weighted by Crippen LogP contribution is -2.52. The van der Waals surface area contributed by atoms with Crippen molar-refractivity contribution in [3.05, 3.63) is 110 Å². The van der Waals surface area contributed by atoms with Crippen LogP contribution in [-0.4, -0.2) is 113 Å². The van der Waals surface area contributed by atoms with Gasteiger partial charge in [0.2, 0.25) is 18.2 Å². The summed E-state index contributed by atoms with van der Waals surface area (Å²) in [5.41, 5.74) is 17.0. The van der Waals surface area contributed by atoms with Crippen molar-refractivity contribution >= 4 is 69.0 Å². The third-order valence-corrected chi connectivity index (χ3v) is 19.2. The highest BCUT2D eigenvalue weighted by atomic mass is 79.9. The Morgan fingerprint density at radius 3 is 2.21 bits per heavy atom. The Balaban J connectivity index is 0.000000407. The van der Waals surface area contributed by atoms with E-state index in [4.69, 9.17) is 11.6 Å². The number of carbonyl (C=O) groups is 4. The van der Waals surface area contributed by atoms with Gasteiger partial charge in [0, 0.05) is 41.4 Å². The third-order valence-electron chi connectivity index (χ3n) is 17.4. The Morgan fingerprint density at radius 2 is 1.61 bits per heavy atom. The van der Waals surface area contributed by atoms with Gasteiger partial charge in [-0.2, -0.15) is 0 Å². The number of nitrogens with zero attached hydrogens (tertiary/aromatic N) is 7. The van der Waals surface area contributed by atoms with Gasteiger partial charge in [0.1, 0.15) is 24.2 Å². The number of aliphatic imine (C=N–C) groups is 1. The molecular weight excluding hydrogens is 1040 g/mol. The molecule has 10 rings (SSSR count). The molecule has 4 aliphatic heterocycles. The number of aldehydes is 1.